The number of aromatic nitrogens is 3. The van der Waals surface area contributed by atoms with Crippen LogP contribution in [0.3, 0.4) is 0 Å². The molecule has 3 aromatic rings. The Kier molecular flexibility index (Phi) is 6.58. The molecular weight excluding hydrogens is 452 g/mol. The number of benzene rings is 1. The maximum Gasteiger partial charge on any atom is 0.317 e. The molecule has 4 rings (SSSR count). The Bertz CT molecular complexity index is 919. The first-order chi connectivity index (χ1) is 14.2. The highest BCUT2D eigenvalue weighted by atomic mass is 79.9. The molecule has 0 saturated carbocycles. The summed E-state index contributed by atoms with van der Waals surface area (Å²) in [4.78, 5) is 22.1. The van der Waals surface area contributed by atoms with Crippen molar-refractivity contribution in [2.24, 2.45) is 0 Å². The third-order valence-corrected chi connectivity index (χ3v) is 6.55. The topological polar surface area (TPSA) is 66.3 Å². The molecule has 0 unspecified atom stereocenters. The monoisotopic (exact) mass is 474 g/mol. The van der Waals surface area contributed by atoms with E-state index in [1.165, 1.54) is 11.2 Å². The first kappa shape index (κ1) is 20.1. The summed E-state index contributed by atoms with van der Waals surface area (Å²) in [5.74, 6) is 0. The average molecular weight is 475 g/mol. The molecule has 0 radical (unpaired) electrons. The molecule has 7 nitrogen and oxygen atoms in total. The average Bonchev–Trinajstić information content (AvgIpc) is 3.39. The standard InChI is InChI=1S/C20H23BrN6OS/c21-19-6-5-18(29-19)13-25-7-9-26(10-8-25)20(28)23-11-16-1-3-17(4-2-16)12-27-15-22-14-24-27/h1-6,14-15H,7-13H2,(H,23,28). The van der Waals surface area contributed by atoms with Gasteiger partial charge in [0.25, 0.3) is 0 Å². The second-order valence-electron chi connectivity index (χ2n) is 7.04. The molecule has 9 heteroatoms. The number of nitrogens with one attached hydrogen (secondary N) is 1. The Morgan fingerprint density at radius 3 is 2.45 bits per heavy atom. The van der Waals surface area contributed by atoms with Crippen molar-refractivity contribution in [3.05, 3.63) is 68.8 Å². The number of hydrogen-bond acceptors (Lipinski definition) is 5. The zero-order chi connectivity index (χ0) is 20.1. The van der Waals surface area contributed by atoms with Gasteiger partial charge >= 0.3 is 6.03 Å². The van der Waals surface area contributed by atoms with Crippen molar-refractivity contribution in [1.82, 2.24) is 29.9 Å². The molecule has 29 heavy (non-hydrogen) atoms. The van der Waals surface area contributed by atoms with Gasteiger partial charge in [-0.2, -0.15) is 5.10 Å². The van der Waals surface area contributed by atoms with E-state index in [9.17, 15) is 4.79 Å². The van der Waals surface area contributed by atoms with E-state index in [1.807, 2.05) is 17.0 Å². The Hall–Kier alpha value is -2.23. The third-order valence-electron chi connectivity index (χ3n) is 4.95. The number of thiophene rings is 1. The van der Waals surface area contributed by atoms with Gasteiger partial charge in [-0.3, -0.25) is 4.90 Å². The number of piperazine rings is 1. The van der Waals surface area contributed by atoms with E-state index in [0.29, 0.717) is 13.1 Å². The van der Waals surface area contributed by atoms with Crippen molar-refractivity contribution >= 4 is 33.3 Å². The number of nitrogens with zero attached hydrogens (tertiary/aromatic N) is 5. The molecule has 2 amide bonds. The van der Waals surface area contributed by atoms with Gasteiger partial charge in [-0.1, -0.05) is 24.3 Å². The molecular formula is C20H23BrN6OS. The molecule has 1 N–H and O–H groups in total. The van der Waals surface area contributed by atoms with Crippen molar-refractivity contribution < 1.29 is 4.79 Å². The van der Waals surface area contributed by atoms with Crippen LogP contribution in [0.1, 0.15) is 16.0 Å². The fourth-order valence-corrected chi connectivity index (χ4v) is 4.85. The van der Waals surface area contributed by atoms with Gasteiger partial charge in [0.1, 0.15) is 12.7 Å². The molecule has 0 spiro atoms. The highest BCUT2D eigenvalue weighted by Crippen LogP contribution is 2.23. The van der Waals surface area contributed by atoms with Crippen LogP contribution in [0.4, 0.5) is 4.79 Å². The molecule has 1 aliphatic rings. The largest absolute Gasteiger partial charge is 0.334 e. The van der Waals surface area contributed by atoms with Crippen LogP contribution in [0.25, 0.3) is 0 Å². The highest BCUT2D eigenvalue weighted by molar-refractivity contribution is 9.11. The van der Waals surface area contributed by atoms with Gasteiger partial charge in [-0.05, 0) is 39.2 Å². The van der Waals surface area contributed by atoms with Crippen molar-refractivity contribution in [3.8, 4) is 0 Å². The second-order valence-corrected chi connectivity index (χ2v) is 9.58. The molecule has 1 saturated heterocycles. The Balaban J connectivity index is 1.20. The number of urea groups is 1. The number of halogens is 1. The first-order valence-corrected chi connectivity index (χ1v) is 11.2. The highest BCUT2D eigenvalue weighted by Gasteiger charge is 2.21. The van der Waals surface area contributed by atoms with Gasteiger partial charge < -0.3 is 10.2 Å². The molecule has 1 fully saturated rings. The quantitative estimate of drug-likeness (QED) is 0.595. The van der Waals surface area contributed by atoms with Crippen molar-refractivity contribution in [3.63, 3.8) is 0 Å². The summed E-state index contributed by atoms with van der Waals surface area (Å²) >= 11 is 5.28. The zero-order valence-electron chi connectivity index (χ0n) is 16.0. The summed E-state index contributed by atoms with van der Waals surface area (Å²) < 4.78 is 2.95. The lowest BCUT2D eigenvalue weighted by molar-refractivity contribution is 0.135. The Morgan fingerprint density at radius 1 is 1.03 bits per heavy atom. The summed E-state index contributed by atoms with van der Waals surface area (Å²) in [6.45, 7) is 5.50. The lowest BCUT2D eigenvalue weighted by atomic mass is 10.1. The number of carbonyl (C=O) groups excluding carboxylic acids is 1. The maximum absolute atomic E-state index is 12.5. The van der Waals surface area contributed by atoms with Crippen LogP contribution >= 0.6 is 27.3 Å². The molecule has 152 valence electrons. The van der Waals surface area contributed by atoms with E-state index in [0.717, 1.165) is 47.6 Å². The van der Waals surface area contributed by atoms with E-state index in [1.54, 1.807) is 22.3 Å². The van der Waals surface area contributed by atoms with Crippen molar-refractivity contribution in [2.75, 3.05) is 26.2 Å². The third kappa shape index (κ3) is 5.65. The van der Waals surface area contributed by atoms with E-state index in [2.05, 4.69) is 60.5 Å². The minimum atomic E-state index is 0.00945. The minimum absolute atomic E-state index is 0.00945. The smallest absolute Gasteiger partial charge is 0.317 e. The minimum Gasteiger partial charge on any atom is -0.334 e. The van der Waals surface area contributed by atoms with Gasteiger partial charge in [0.2, 0.25) is 0 Å². The number of rotatable bonds is 6. The van der Waals surface area contributed by atoms with Crippen LogP contribution < -0.4 is 5.32 Å². The van der Waals surface area contributed by atoms with Crippen molar-refractivity contribution in [2.45, 2.75) is 19.6 Å². The molecule has 0 atom stereocenters. The van der Waals surface area contributed by atoms with E-state index in [4.69, 9.17) is 0 Å². The number of carbonyl (C=O) groups is 1. The van der Waals surface area contributed by atoms with Gasteiger partial charge in [0, 0.05) is 44.1 Å². The number of hydrogen-bond donors (Lipinski definition) is 1. The predicted octanol–water partition coefficient (Wildman–Crippen LogP) is 3.18. The summed E-state index contributed by atoms with van der Waals surface area (Å²) in [5, 5.41) is 7.15. The van der Waals surface area contributed by atoms with Crippen LogP contribution in [-0.2, 0) is 19.6 Å². The summed E-state index contributed by atoms with van der Waals surface area (Å²) in [6, 6.07) is 12.5. The van der Waals surface area contributed by atoms with E-state index < -0.39 is 0 Å². The van der Waals surface area contributed by atoms with Crippen LogP contribution in [-0.4, -0.2) is 56.8 Å². The molecule has 2 aromatic heterocycles. The lowest BCUT2D eigenvalue weighted by Crippen LogP contribution is -2.51. The van der Waals surface area contributed by atoms with Crippen LogP contribution in [0.5, 0.6) is 0 Å². The molecule has 1 aromatic carbocycles. The normalized spacial score (nSPS) is 14.9. The van der Waals surface area contributed by atoms with Gasteiger partial charge in [-0.15, -0.1) is 11.3 Å². The van der Waals surface area contributed by atoms with E-state index >= 15 is 0 Å². The van der Waals surface area contributed by atoms with Crippen LogP contribution in [0, 0.1) is 0 Å². The summed E-state index contributed by atoms with van der Waals surface area (Å²) in [5.41, 5.74) is 2.24. The van der Waals surface area contributed by atoms with Crippen LogP contribution in [0.15, 0.2) is 52.8 Å². The van der Waals surface area contributed by atoms with Gasteiger partial charge in [0.05, 0.1) is 10.3 Å². The molecule has 1 aliphatic heterocycles. The van der Waals surface area contributed by atoms with E-state index in [-0.39, 0.29) is 6.03 Å². The Labute approximate surface area is 182 Å². The number of amides is 2. The fraction of sp³-hybridized carbons (Fsp3) is 0.350. The van der Waals surface area contributed by atoms with Crippen LogP contribution in [0.2, 0.25) is 0 Å². The summed E-state index contributed by atoms with van der Waals surface area (Å²) in [7, 11) is 0. The lowest BCUT2D eigenvalue weighted by Gasteiger charge is -2.34. The molecule has 0 bridgehead atoms. The fourth-order valence-electron chi connectivity index (χ4n) is 3.32. The summed E-state index contributed by atoms with van der Waals surface area (Å²) in [6.07, 6.45) is 3.23. The van der Waals surface area contributed by atoms with Gasteiger partial charge in [-0.25, -0.2) is 14.5 Å². The maximum atomic E-state index is 12.5. The second kappa shape index (κ2) is 9.51. The SMILES string of the molecule is O=C(NCc1ccc(Cn2cncn2)cc1)N1CCN(Cc2ccc(Br)s2)CC1. The first-order valence-electron chi connectivity index (χ1n) is 9.55. The van der Waals surface area contributed by atoms with Gasteiger partial charge in [0.15, 0.2) is 0 Å². The van der Waals surface area contributed by atoms with Crippen molar-refractivity contribution in [1.29, 1.82) is 0 Å². The predicted molar refractivity (Wildman–Crippen MR) is 117 cm³/mol. The molecule has 0 aliphatic carbocycles. The zero-order valence-corrected chi connectivity index (χ0v) is 18.4. The molecule has 3 heterocycles. The Morgan fingerprint density at radius 2 is 1.79 bits per heavy atom.